The number of hydrogen-bond acceptors (Lipinski definition) is 5. The lowest BCUT2D eigenvalue weighted by molar-refractivity contribution is 0.588. The average molecular weight is 373 g/mol. The van der Waals surface area contributed by atoms with Crippen LogP contribution in [0.3, 0.4) is 0 Å². The second-order valence-corrected chi connectivity index (χ2v) is 7.17. The molecular formula is C21H23N7. The van der Waals surface area contributed by atoms with Crippen LogP contribution in [0.5, 0.6) is 0 Å². The topological polar surface area (TPSA) is 73.5 Å². The molecule has 7 nitrogen and oxygen atoms in total. The first-order valence-corrected chi connectivity index (χ1v) is 9.81. The second-order valence-electron chi connectivity index (χ2n) is 7.17. The smallest absolute Gasteiger partial charge is 0.182 e. The van der Waals surface area contributed by atoms with Crippen molar-refractivity contribution in [2.75, 3.05) is 6.54 Å². The standard InChI is InChI=1S/C21H23N7/c1-3-27-14(2)20-17(15-6-4-7-22-12-15)11-18(24-21(20)26-27)19-10-16-13-23-8-5-9-28(16)25-19/h4,6-7,10-12,23H,3,5,8-9,13H2,1-2H3. The molecule has 5 heterocycles. The molecule has 1 aliphatic rings. The van der Waals surface area contributed by atoms with E-state index in [1.807, 2.05) is 16.9 Å². The van der Waals surface area contributed by atoms with Gasteiger partial charge < -0.3 is 5.32 Å². The van der Waals surface area contributed by atoms with E-state index in [9.17, 15) is 0 Å². The highest BCUT2D eigenvalue weighted by molar-refractivity contribution is 5.96. The molecule has 0 saturated carbocycles. The minimum absolute atomic E-state index is 0.761. The zero-order valence-electron chi connectivity index (χ0n) is 16.2. The van der Waals surface area contributed by atoms with Crippen molar-refractivity contribution >= 4 is 11.0 Å². The number of hydrogen-bond donors (Lipinski definition) is 1. The van der Waals surface area contributed by atoms with E-state index in [1.165, 1.54) is 5.69 Å². The van der Waals surface area contributed by atoms with Gasteiger partial charge in [0.15, 0.2) is 5.65 Å². The summed E-state index contributed by atoms with van der Waals surface area (Å²) in [6.45, 7) is 7.82. The molecule has 5 rings (SSSR count). The number of rotatable bonds is 3. The number of nitrogens with one attached hydrogen (secondary N) is 1. The summed E-state index contributed by atoms with van der Waals surface area (Å²) in [6, 6.07) is 8.32. The molecule has 4 aromatic rings. The van der Waals surface area contributed by atoms with Crippen LogP contribution in [0.1, 0.15) is 24.7 Å². The van der Waals surface area contributed by atoms with Gasteiger partial charge in [0, 0.05) is 48.7 Å². The Hall–Kier alpha value is -3.06. The van der Waals surface area contributed by atoms with E-state index in [2.05, 4.69) is 47.0 Å². The molecule has 0 fully saturated rings. The van der Waals surface area contributed by atoms with Crippen LogP contribution in [0.4, 0.5) is 0 Å². The van der Waals surface area contributed by atoms with Crippen molar-refractivity contribution in [3.63, 3.8) is 0 Å². The summed E-state index contributed by atoms with van der Waals surface area (Å²) in [6.07, 6.45) is 4.78. The number of pyridine rings is 2. The highest BCUT2D eigenvalue weighted by Crippen LogP contribution is 2.33. The Morgan fingerprint density at radius 3 is 2.93 bits per heavy atom. The maximum atomic E-state index is 4.88. The van der Waals surface area contributed by atoms with E-state index in [0.29, 0.717) is 0 Å². The summed E-state index contributed by atoms with van der Waals surface area (Å²) < 4.78 is 4.11. The third-order valence-corrected chi connectivity index (χ3v) is 5.39. The Balaban J connectivity index is 1.73. The fraction of sp³-hybridized carbons (Fsp3) is 0.333. The van der Waals surface area contributed by atoms with Crippen molar-refractivity contribution in [2.24, 2.45) is 0 Å². The van der Waals surface area contributed by atoms with Gasteiger partial charge in [-0.1, -0.05) is 6.07 Å². The van der Waals surface area contributed by atoms with Gasteiger partial charge in [0.2, 0.25) is 0 Å². The molecule has 1 N–H and O–H groups in total. The lowest BCUT2D eigenvalue weighted by atomic mass is 10.0. The van der Waals surface area contributed by atoms with Gasteiger partial charge in [-0.3, -0.25) is 14.3 Å². The summed E-state index contributed by atoms with van der Waals surface area (Å²) >= 11 is 0. The molecule has 0 radical (unpaired) electrons. The monoisotopic (exact) mass is 373 g/mol. The first-order chi connectivity index (χ1) is 13.7. The Morgan fingerprint density at radius 2 is 2.11 bits per heavy atom. The predicted molar refractivity (Wildman–Crippen MR) is 109 cm³/mol. The zero-order valence-corrected chi connectivity index (χ0v) is 16.2. The van der Waals surface area contributed by atoms with Gasteiger partial charge in [-0.2, -0.15) is 10.2 Å². The molecule has 0 aliphatic carbocycles. The first kappa shape index (κ1) is 17.1. The van der Waals surface area contributed by atoms with Crippen molar-refractivity contribution in [2.45, 2.75) is 39.9 Å². The van der Waals surface area contributed by atoms with Crippen molar-refractivity contribution in [3.8, 4) is 22.5 Å². The van der Waals surface area contributed by atoms with Crippen LogP contribution in [-0.2, 0) is 19.6 Å². The van der Waals surface area contributed by atoms with Crippen molar-refractivity contribution in [1.29, 1.82) is 0 Å². The van der Waals surface area contributed by atoms with Gasteiger partial charge in [0.1, 0.15) is 5.69 Å². The van der Waals surface area contributed by atoms with Gasteiger partial charge in [-0.15, -0.1) is 0 Å². The Morgan fingerprint density at radius 1 is 1.18 bits per heavy atom. The molecule has 0 unspecified atom stereocenters. The SMILES string of the molecule is CCn1nc2nc(-c3cc4n(n3)CCCNC4)cc(-c3cccnc3)c2c1C. The lowest BCUT2D eigenvalue weighted by Crippen LogP contribution is -2.11. The summed E-state index contributed by atoms with van der Waals surface area (Å²) in [5, 5.41) is 14.1. The third-order valence-electron chi connectivity index (χ3n) is 5.39. The Bertz CT molecular complexity index is 1120. The lowest BCUT2D eigenvalue weighted by Gasteiger charge is -2.06. The van der Waals surface area contributed by atoms with Crippen LogP contribution in [0, 0.1) is 6.92 Å². The van der Waals surface area contributed by atoms with Crippen molar-refractivity contribution in [1.82, 2.24) is 34.8 Å². The second kappa shape index (κ2) is 6.83. The van der Waals surface area contributed by atoms with E-state index in [0.717, 1.165) is 71.8 Å². The fourth-order valence-corrected chi connectivity index (χ4v) is 3.95. The maximum absolute atomic E-state index is 4.88. The predicted octanol–water partition coefficient (Wildman–Crippen LogP) is 3.18. The number of aryl methyl sites for hydroxylation is 3. The zero-order chi connectivity index (χ0) is 19.1. The van der Waals surface area contributed by atoms with Crippen LogP contribution in [0.15, 0.2) is 36.7 Å². The Kier molecular flexibility index (Phi) is 4.16. The molecule has 0 aromatic carbocycles. The van der Waals surface area contributed by atoms with Gasteiger partial charge in [-0.05, 0) is 50.6 Å². The third kappa shape index (κ3) is 2.79. The van der Waals surface area contributed by atoms with Crippen LogP contribution in [0.2, 0.25) is 0 Å². The van der Waals surface area contributed by atoms with E-state index < -0.39 is 0 Å². The maximum Gasteiger partial charge on any atom is 0.182 e. The van der Waals surface area contributed by atoms with E-state index in [4.69, 9.17) is 15.2 Å². The average Bonchev–Trinajstić information content (AvgIpc) is 3.21. The van der Waals surface area contributed by atoms with Crippen molar-refractivity contribution < 1.29 is 0 Å². The summed E-state index contributed by atoms with van der Waals surface area (Å²) in [5.74, 6) is 0. The molecule has 4 aromatic heterocycles. The first-order valence-electron chi connectivity index (χ1n) is 9.81. The summed E-state index contributed by atoms with van der Waals surface area (Å²) in [5.41, 5.74) is 7.01. The minimum Gasteiger partial charge on any atom is -0.311 e. The fourth-order valence-electron chi connectivity index (χ4n) is 3.95. The minimum atomic E-state index is 0.761. The van der Waals surface area contributed by atoms with E-state index >= 15 is 0 Å². The van der Waals surface area contributed by atoms with Gasteiger partial charge in [0.25, 0.3) is 0 Å². The van der Waals surface area contributed by atoms with Crippen molar-refractivity contribution in [3.05, 3.63) is 48.0 Å². The highest BCUT2D eigenvalue weighted by Gasteiger charge is 2.19. The number of nitrogens with zero attached hydrogens (tertiary/aromatic N) is 6. The summed E-state index contributed by atoms with van der Waals surface area (Å²) in [7, 11) is 0. The van der Waals surface area contributed by atoms with Gasteiger partial charge >= 0.3 is 0 Å². The summed E-state index contributed by atoms with van der Waals surface area (Å²) in [4.78, 5) is 9.19. The molecule has 142 valence electrons. The quantitative estimate of drug-likeness (QED) is 0.597. The number of fused-ring (bicyclic) bond motifs is 2. The normalized spacial score (nSPS) is 14.2. The van der Waals surface area contributed by atoms with Crippen LogP contribution < -0.4 is 5.32 Å². The van der Waals surface area contributed by atoms with Crippen LogP contribution in [0.25, 0.3) is 33.5 Å². The van der Waals surface area contributed by atoms with Gasteiger partial charge in [0.05, 0.1) is 11.4 Å². The van der Waals surface area contributed by atoms with Crippen LogP contribution >= 0.6 is 0 Å². The highest BCUT2D eigenvalue weighted by atomic mass is 15.3. The molecule has 1 aliphatic heterocycles. The molecular weight excluding hydrogens is 350 g/mol. The van der Waals surface area contributed by atoms with E-state index in [1.54, 1.807) is 6.20 Å². The number of aromatic nitrogens is 6. The van der Waals surface area contributed by atoms with Gasteiger partial charge in [-0.25, -0.2) is 4.98 Å². The molecule has 28 heavy (non-hydrogen) atoms. The molecule has 0 saturated heterocycles. The van der Waals surface area contributed by atoms with E-state index in [-0.39, 0.29) is 0 Å². The molecule has 0 amide bonds. The molecule has 7 heteroatoms. The molecule has 0 atom stereocenters. The molecule has 0 spiro atoms. The van der Waals surface area contributed by atoms with Crippen LogP contribution in [-0.4, -0.2) is 36.1 Å². The Labute approximate surface area is 163 Å². The molecule has 0 bridgehead atoms. The largest absolute Gasteiger partial charge is 0.311 e.